The van der Waals surface area contributed by atoms with Gasteiger partial charge in [0, 0.05) is 24.3 Å². The third-order valence-electron chi connectivity index (χ3n) is 5.99. The van der Waals surface area contributed by atoms with E-state index in [1.54, 1.807) is 86.3 Å². The van der Waals surface area contributed by atoms with E-state index in [0.717, 1.165) is 18.5 Å². The van der Waals surface area contributed by atoms with Gasteiger partial charge in [0.25, 0.3) is 5.91 Å². The molecule has 0 heterocycles. The molecule has 0 spiro atoms. The van der Waals surface area contributed by atoms with Crippen LogP contribution in [0.2, 0.25) is 0 Å². The van der Waals surface area contributed by atoms with Crippen molar-refractivity contribution in [3.05, 3.63) is 89.5 Å². The molecule has 0 bridgehead atoms. The van der Waals surface area contributed by atoms with Crippen molar-refractivity contribution in [1.29, 1.82) is 5.26 Å². The summed E-state index contributed by atoms with van der Waals surface area (Å²) in [5.74, 6) is -0.346. The second-order valence-corrected chi connectivity index (χ2v) is 11.0. The number of ether oxygens (including phenoxy) is 1. The molecular formula is C32H38N6O4. The quantitative estimate of drug-likeness (QED) is 0.269. The van der Waals surface area contributed by atoms with Gasteiger partial charge in [-0.05, 0) is 102 Å². The Bertz CT molecular complexity index is 1410. The van der Waals surface area contributed by atoms with E-state index in [4.69, 9.17) is 10.00 Å². The fourth-order valence-corrected chi connectivity index (χ4v) is 3.95. The second-order valence-electron chi connectivity index (χ2n) is 11.0. The molecule has 42 heavy (non-hydrogen) atoms. The summed E-state index contributed by atoms with van der Waals surface area (Å²) in [5, 5.41) is 17.4. The number of carbonyl (C=O) groups is 3. The minimum absolute atomic E-state index is 0.255. The molecule has 220 valence electrons. The van der Waals surface area contributed by atoms with Gasteiger partial charge in [-0.1, -0.05) is 24.3 Å². The lowest BCUT2D eigenvalue weighted by atomic mass is 10.1. The van der Waals surface area contributed by atoms with Crippen LogP contribution in [0.1, 0.15) is 48.7 Å². The number of hydrogen-bond acceptors (Lipinski definition) is 6. The fraction of sp³-hybridized carbons (Fsp3) is 0.312. The first-order chi connectivity index (χ1) is 19.9. The van der Waals surface area contributed by atoms with Gasteiger partial charge in [-0.15, -0.1) is 0 Å². The maximum absolute atomic E-state index is 13.1. The summed E-state index contributed by atoms with van der Waals surface area (Å²) in [6.07, 6.45) is 0.164. The molecule has 0 fully saturated rings. The number of rotatable bonds is 10. The number of para-hydroxylation sites is 2. The fourth-order valence-electron chi connectivity index (χ4n) is 3.95. The van der Waals surface area contributed by atoms with E-state index in [-0.39, 0.29) is 11.9 Å². The van der Waals surface area contributed by atoms with Crippen LogP contribution < -0.4 is 16.0 Å². The molecular weight excluding hydrogens is 532 g/mol. The zero-order chi connectivity index (χ0) is 30.7. The minimum Gasteiger partial charge on any atom is -0.444 e. The van der Waals surface area contributed by atoms with Gasteiger partial charge in [0.1, 0.15) is 5.60 Å². The van der Waals surface area contributed by atoms with E-state index < -0.39 is 11.7 Å². The molecule has 0 aliphatic carbocycles. The van der Waals surface area contributed by atoms with Crippen LogP contribution in [0.5, 0.6) is 0 Å². The molecule has 0 saturated carbocycles. The summed E-state index contributed by atoms with van der Waals surface area (Å²) in [7, 11) is 3.97. The molecule has 0 radical (unpaired) electrons. The first-order valence-corrected chi connectivity index (χ1v) is 13.6. The Morgan fingerprint density at radius 2 is 1.45 bits per heavy atom. The lowest BCUT2D eigenvalue weighted by molar-refractivity contribution is 0.0635. The number of urea groups is 1. The standard InChI is InChI=1S/C32H38N6O4/c1-32(2,3)42-31(41)36-28-10-7-6-9-27(28)35-29(39)25-15-11-24(12-16-25)22-38(20-8-19-37(4)5)30(40)34-26-17-13-23(21-33)14-18-26/h6-7,9-18H,8,19-20,22H2,1-5H3,(H,34,40)(H,35,39)(H,36,41). The Kier molecular flexibility index (Phi) is 11.0. The van der Waals surface area contributed by atoms with Crippen molar-refractivity contribution >= 4 is 35.1 Å². The predicted octanol–water partition coefficient (Wildman–Crippen LogP) is 6.14. The third kappa shape index (κ3) is 10.3. The summed E-state index contributed by atoms with van der Waals surface area (Å²) in [6, 6.07) is 22.4. The number of nitrogens with one attached hydrogen (secondary N) is 3. The van der Waals surface area contributed by atoms with E-state index >= 15 is 0 Å². The number of carbonyl (C=O) groups excluding carboxylic acids is 3. The SMILES string of the molecule is CN(C)CCCN(Cc1ccc(C(=O)Nc2ccccc2NC(=O)OC(C)(C)C)cc1)C(=O)Nc1ccc(C#N)cc1. The third-order valence-corrected chi connectivity index (χ3v) is 5.99. The molecule has 3 rings (SSSR count). The van der Waals surface area contributed by atoms with Gasteiger partial charge < -0.3 is 25.2 Å². The summed E-state index contributed by atoms with van der Waals surface area (Å²) in [5.41, 5.74) is 2.59. The average Bonchev–Trinajstić information content (AvgIpc) is 2.93. The highest BCUT2D eigenvalue weighted by atomic mass is 16.6. The van der Waals surface area contributed by atoms with Crippen molar-refractivity contribution in [2.75, 3.05) is 43.1 Å². The van der Waals surface area contributed by atoms with Gasteiger partial charge in [-0.3, -0.25) is 10.1 Å². The molecule has 0 unspecified atom stereocenters. The van der Waals surface area contributed by atoms with E-state index in [1.807, 2.05) is 26.2 Å². The van der Waals surface area contributed by atoms with Crippen molar-refractivity contribution in [3.8, 4) is 6.07 Å². The van der Waals surface area contributed by atoms with Gasteiger partial charge >= 0.3 is 12.1 Å². The highest BCUT2D eigenvalue weighted by molar-refractivity contribution is 6.06. The Hall–Kier alpha value is -4.88. The first-order valence-electron chi connectivity index (χ1n) is 13.6. The number of nitriles is 1. The van der Waals surface area contributed by atoms with Crippen molar-refractivity contribution in [1.82, 2.24) is 9.80 Å². The monoisotopic (exact) mass is 570 g/mol. The van der Waals surface area contributed by atoms with Crippen molar-refractivity contribution < 1.29 is 19.1 Å². The maximum atomic E-state index is 13.1. The molecule has 10 nitrogen and oxygen atoms in total. The first kappa shape index (κ1) is 31.6. The zero-order valence-corrected chi connectivity index (χ0v) is 24.7. The zero-order valence-electron chi connectivity index (χ0n) is 24.7. The molecule has 0 aliphatic heterocycles. The molecule has 4 amide bonds. The highest BCUT2D eigenvalue weighted by Gasteiger charge is 2.18. The number of nitrogens with zero attached hydrogens (tertiary/aromatic N) is 3. The van der Waals surface area contributed by atoms with Crippen LogP contribution in [0.4, 0.5) is 26.7 Å². The average molecular weight is 571 g/mol. The summed E-state index contributed by atoms with van der Waals surface area (Å²) in [4.78, 5) is 42.2. The lowest BCUT2D eigenvalue weighted by Crippen LogP contribution is -2.36. The van der Waals surface area contributed by atoms with E-state index in [9.17, 15) is 14.4 Å². The lowest BCUT2D eigenvalue weighted by Gasteiger charge is -2.24. The van der Waals surface area contributed by atoms with Crippen molar-refractivity contribution in [2.24, 2.45) is 0 Å². The van der Waals surface area contributed by atoms with Crippen LogP contribution in [0.3, 0.4) is 0 Å². The maximum Gasteiger partial charge on any atom is 0.412 e. The molecule has 0 aliphatic rings. The van der Waals surface area contributed by atoms with Gasteiger partial charge in [-0.2, -0.15) is 5.26 Å². The molecule has 3 N–H and O–H groups in total. The molecule has 0 aromatic heterocycles. The molecule has 3 aromatic carbocycles. The Morgan fingerprint density at radius 1 is 0.833 bits per heavy atom. The Morgan fingerprint density at radius 3 is 2.02 bits per heavy atom. The Balaban J connectivity index is 1.67. The molecule has 0 atom stereocenters. The topological polar surface area (TPSA) is 127 Å². The predicted molar refractivity (Wildman–Crippen MR) is 164 cm³/mol. The molecule has 10 heteroatoms. The number of anilines is 3. The van der Waals surface area contributed by atoms with Crippen LogP contribution in [0, 0.1) is 11.3 Å². The highest BCUT2D eigenvalue weighted by Crippen LogP contribution is 2.23. The second kappa shape index (κ2) is 14.7. The van der Waals surface area contributed by atoms with Crippen molar-refractivity contribution in [3.63, 3.8) is 0 Å². The van der Waals surface area contributed by atoms with Crippen LogP contribution >= 0.6 is 0 Å². The number of amides is 4. The molecule has 0 saturated heterocycles. The van der Waals surface area contributed by atoms with Crippen LogP contribution in [-0.2, 0) is 11.3 Å². The smallest absolute Gasteiger partial charge is 0.412 e. The van der Waals surface area contributed by atoms with Gasteiger partial charge in [-0.25, -0.2) is 9.59 Å². The normalized spacial score (nSPS) is 10.9. The van der Waals surface area contributed by atoms with Crippen LogP contribution in [0.25, 0.3) is 0 Å². The Labute approximate surface area is 247 Å². The van der Waals surface area contributed by atoms with Crippen molar-refractivity contribution in [2.45, 2.75) is 39.3 Å². The van der Waals surface area contributed by atoms with E-state index in [2.05, 4.69) is 26.9 Å². The van der Waals surface area contributed by atoms with E-state index in [1.165, 1.54) is 0 Å². The summed E-state index contributed by atoms with van der Waals surface area (Å²) in [6.45, 7) is 7.02. The van der Waals surface area contributed by atoms with Gasteiger partial charge in [0.15, 0.2) is 0 Å². The number of hydrogen-bond donors (Lipinski definition) is 3. The minimum atomic E-state index is -0.656. The van der Waals surface area contributed by atoms with Crippen LogP contribution in [0.15, 0.2) is 72.8 Å². The summed E-state index contributed by atoms with van der Waals surface area (Å²) >= 11 is 0. The van der Waals surface area contributed by atoms with Gasteiger partial charge in [0.2, 0.25) is 0 Å². The summed E-state index contributed by atoms with van der Waals surface area (Å²) < 4.78 is 5.32. The van der Waals surface area contributed by atoms with E-state index in [0.29, 0.717) is 41.3 Å². The molecule has 3 aromatic rings. The van der Waals surface area contributed by atoms with Crippen LogP contribution in [-0.4, -0.2) is 60.6 Å². The number of benzene rings is 3. The largest absolute Gasteiger partial charge is 0.444 e. The van der Waals surface area contributed by atoms with Gasteiger partial charge in [0.05, 0.1) is 23.0 Å².